The molecule has 1 fully saturated rings. The highest BCUT2D eigenvalue weighted by atomic mass is 16.6. The number of imidazole rings is 1. The Hall–Kier alpha value is -1.85. The average Bonchev–Trinajstić information content (AvgIpc) is 3.35. The van der Waals surface area contributed by atoms with Crippen LogP contribution in [-0.4, -0.2) is 34.1 Å². The Balaban J connectivity index is 1.79. The Morgan fingerprint density at radius 1 is 1.00 bits per heavy atom. The Morgan fingerprint density at radius 3 is 2.23 bits per heavy atom. The maximum absolute atomic E-state index is 12.9. The molecule has 2 rings (SSSR count). The zero-order chi connectivity index (χ0) is 25.3. The lowest BCUT2D eigenvalue weighted by molar-refractivity contribution is -0.190. The predicted molar refractivity (Wildman–Crippen MR) is 140 cm³/mol. The minimum atomic E-state index is -0.241. The van der Waals surface area contributed by atoms with Crippen LogP contribution in [0.1, 0.15) is 129 Å². The summed E-state index contributed by atoms with van der Waals surface area (Å²) >= 11 is 0. The first-order valence-corrected chi connectivity index (χ1v) is 14.4. The van der Waals surface area contributed by atoms with Gasteiger partial charge in [0.15, 0.2) is 0 Å². The van der Waals surface area contributed by atoms with Crippen LogP contribution in [0.15, 0.2) is 12.5 Å². The lowest BCUT2D eigenvalue weighted by atomic mass is 9.86. The number of ether oxygens (including phenoxy) is 2. The Bertz CT molecular complexity index is 691. The van der Waals surface area contributed by atoms with E-state index < -0.39 is 0 Å². The third-order valence-corrected chi connectivity index (χ3v) is 7.28. The van der Waals surface area contributed by atoms with Crippen molar-refractivity contribution in [1.82, 2.24) is 9.97 Å². The molecule has 4 atom stereocenters. The third-order valence-electron chi connectivity index (χ3n) is 7.28. The van der Waals surface area contributed by atoms with E-state index in [1.807, 2.05) is 6.92 Å². The molecular weight excluding hydrogens is 440 g/mol. The van der Waals surface area contributed by atoms with Crippen molar-refractivity contribution in [2.75, 3.05) is 0 Å². The molecule has 0 aliphatic carbocycles. The highest BCUT2D eigenvalue weighted by molar-refractivity contribution is 5.78. The summed E-state index contributed by atoms with van der Waals surface area (Å²) in [5.41, 5.74) is 0.935. The fourth-order valence-electron chi connectivity index (χ4n) is 4.96. The fourth-order valence-corrected chi connectivity index (χ4v) is 4.96. The standard InChI is InChI=1S/C29H50N2O4/c1-4-6-8-10-11-12-13-14-15-17-25(34-28(32)23(3)19-24-21-30-22-31-24)20-27-26(29(33)35-27)18-16-9-7-5-2/h21-23,25-27H,4-20H2,1-3H3,(H,30,31)/t23-,25-,26-,27-/m0/s1. The first-order valence-electron chi connectivity index (χ1n) is 14.4. The number of carbonyl (C=O) groups excluding carboxylic acids is 2. The highest BCUT2D eigenvalue weighted by Crippen LogP contribution is 2.33. The molecule has 0 bridgehead atoms. The van der Waals surface area contributed by atoms with Crippen LogP contribution in [-0.2, 0) is 25.5 Å². The van der Waals surface area contributed by atoms with Crippen LogP contribution in [0.3, 0.4) is 0 Å². The largest absolute Gasteiger partial charge is 0.462 e. The zero-order valence-electron chi connectivity index (χ0n) is 22.6. The lowest BCUT2D eigenvalue weighted by Gasteiger charge is -2.37. The van der Waals surface area contributed by atoms with Crippen molar-refractivity contribution in [3.05, 3.63) is 18.2 Å². The molecule has 1 saturated heterocycles. The number of nitrogens with one attached hydrogen (secondary N) is 1. The molecule has 0 amide bonds. The van der Waals surface area contributed by atoms with Gasteiger partial charge in [0.2, 0.25) is 0 Å². The van der Waals surface area contributed by atoms with Crippen molar-refractivity contribution < 1.29 is 19.1 Å². The molecule has 0 spiro atoms. The second-order valence-corrected chi connectivity index (χ2v) is 10.5. The monoisotopic (exact) mass is 490 g/mol. The van der Waals surface area contributed by atoms with E-state index in [4.69, 9.17) is 9.47 Å². The van der Waals surface area contributed by atoms with Gasteiger partial charge in [-0.3, -0.25) is 9.59 Å². The second kappa shape index (κ2) is 17.6. The molecule has 0 saturated carbocycles. The van der Waals surface area contributed by atoms with Gasteiger partial charge in [-0.15, -0.1) is 0 Å². The summed E-state index contributed by atoms with van der Waals surface area (Å²) in [4.78, 5) is 32.0. The highest BCUT2D eigenvalue weighted by Gasteiger charge is 2.43. The van der Waals surface area contributed by atoms with Crippen molar-refractivity contribution in [3.8, 4) is 0 Å². The summed E-state index contributed by atoms with van der Waals surface area (Å²) in [5, 5.41) is 0. The number of esters is 2. The SMILES string of the molecule is CCCCCCCCCCC[C@@H](C[C@@H]1OC(=O)[C@H]1CCCCCC)OC(=O)[C@@H](C)Cc1cnc[nH]1. The first-order chi connectivity index (χ1) is 17.0. The number of H-pyrrole nitrogens is 1. The summed E-state index contributed by atoms with van der Waals surface area (Å²) in [6.45, 7) is 6.35. The summed E-state index contributed by atoms with van der Waals surface area (Å²) in [6, 6.07) is 0. The maximum atomic E-state index is 12.9. The number of rotatable bonds is 21. The Labute approximate surface area is 213 Å². The van der Waals surface area contributed by atoms with Gasteiger partial charge in [-0.05, 0) is 19.3 Å². The van der Waals surface area contributed by atoms with Crippen LogP contribution in [0.2, 0.25) is 0 Å². The van der Waals surface area contributed by atoms with Crippen molar-refractivity contribution in [2.24, 2.45) is 11.8 Å². The maximum Gasteiger partial charge on any atom is 0.313 e. The number of cyclic esters (lactones) is 1. The van der Waals surface area contributed by atoms with Gasteiger partial charge in [-0.2, -0.15) is 0 Å². The van der Waals surface area contributed by atoms with E-state index in [9.17, 15) is 9.59 Å². The van der Waals surface area contributed by atoms with Crippen molar-refractivity contribution >= 4 is 11.9 Å². The second-order valence-electron chi connectivity index (χ2n) is 10.5. The van der Waals surface area contributed by atoms with E-state index >= 15 is 0 Å². The van der Waals surface area contributed by atoms with Gasteiger partial charge in [0, 0.05) is 24.7 Å². The van der Waals surface area contributed by atoms with Gasteiger partial charge in [0.05, 0.1) is 18.2 Å². The van der Waals surface area contributed by atoms with E-state index in [1.165, 1.54) is 57.8 Å². The molecule has 1 aromatic heterocycles. The topological polar surface area (TPSA) is 81.3 Å². The van der Waals surface area contributed by atoms with Crippen LogP contribution in [0.5, 0.6) is 0 Å². The fraction of sp³-hybridized carbons (Fsp3) is 0.828. The van der Waals surface area contributed by atoms with E-state index in [1.54, 1.807) is 12.5 Å². The third kappa shape index (κ3) is 11.6. The quantitative estimate of drug-likeness (QED) is 0.144. The number of unbranched alkanes of at least 4 members (excludes halogenated alkanes) is 11. The zero-order valence-corrected chi connectivity index (χ0v) is 22.6. The van der Waals surface area contributed by atoms with Crippen LogP contribution in [0, 0.1) is 11.8 Å². The summed E-state index contributed by atoms with van der Waals surface area (Å²) in [6.07, 6.45) is 22.0. The number of carbonyl (C=O) groups is 2. The normalized spacial score (nSPS) is 19.1. The summed E-state index contributed by atoms with van der Waals surface area (Å²) < 4.78 is 11.5. The van der Waals surface area contributed by atoms with E-state index in [0.717, 1.165) is 44.2 Å². The molecular formula is C29H50N2O4. The van der Waals surface area contributed by atoms with E-state index in [0.29, 0.717) is 12.8 Å². The molecule has 200 valence electrons. The molecule has 0 radical (unpaired) electrons. The molecule has 35 heavy (non-hydrogen) atoms. The van der Waals surface area contributed by atoms with E-state index in [2.05, 4.69) is 23.8 Å². The number of hydrogen-bond donors (Lipinski definition) is 1. The van der Waals surface area contributed by atoms with Crippen molar-refractivity contribution in [1.29, 1.82) is 0 Å². The minimum Gasteiger partial charge on any atom is -0.462 e. The number of hydrogen-bond acceptors (Lipinski definition) is 5. The average molecular weight is 491 g/mol. The molecule has 6 nitrogen and oxygen atoms in total. The van der Waals surface area contributed by atoms with Gasteiger partial charge in [0.1, 0.15) is 12.2 Å². The van der Waals surface area contributed by atoms with Gasteiger partial charge in [-0.25, -0.2) is 4.98 Å². The molecule has 1 aliphatic rings. The molecule has 1 aliphatic heterocycles. The molecule has 0 unspecified atom stereocenters. The van der Waals surface area contributed by atoms with Crippen molar-refractivity contribution in [2.45, 2.75) is 142 Å². The summed E-state index contributed by atoms with van der Waals surface area (Å²) in [5.74, 6) is -0.522. The van der Waals surface area contributed by atoms with Gasteiger partial charge in [0.25, 0.3) is 0 Å². The number of nitrogens with zero attached hydrogens (tertiary/aromatic N) is 1. The van der Waals surface area contributed by atoms with Crippen LogP contribution < -0.4 is 0 Å². The van der Waals surface area contributed by atoms with Crippen LogP contribution in [0.25, 0.3) is 0 Å². The molecule has 2 heterocycles. The van der Waals surface area contributed by atoms with Crippen LogP contribution in [0.4, 0.5) is 0 Å². The van der Waals surface area contributed by atoms with Gasteiger partial charge in [-0.1, -0.05) is 97.8 Å². The number of aromatic amines is 1. The first kappa shape index (κ1) is 29.4. The Morgan fingerprint density at radius 2 is 1.63 bits per heavy atom. The lowest BCUT2D eigenvalue weighted by Crippen LogP contribution is -2.47. The van der Waals surface area contributed by atoms with E-state index in [-0.39, 0.29) is 36.0 Å². The van der Waals surface area contributed by atoms with Gasteiger partial charge < -0.3 is 14.5 Å². The molecule has 0 aromatic carbocycles. The molecule has 6 heteroatoms. The van der Waals surface area contributed by atoms with Crippen LogP contribution >= 0.6 is 0 Å². The molecule has 1 N–H and O–H groups in total. The van der Waals surface area contributed by atoms with Gasteiger partial charge >= 0.3 is 11.9 Å². The Kier molecular flexibility index (Phi) is 14.7. The van der Waals surface area contributed by atoms with Crippen molar-refractivity contribution in [3.63, 3.8) is 0 Å². The minimum absolute atomic E-state index is 0.0291. The smallest absolute Gasteiger partial charge is 0.313 e. The predicted octanol–water partition coefficient (Wildman–Crippen LogP) is 7.32. The molecule has 1 aromatic rings. The number of aromatic nitrogens is 2. The summed E-state index contributed by atoms with van der Waals surface area (Å²) in [7, 11) is 0.